The van der Waals surface area contributed by atoms with Crippen molar-refractivity contribution in [1.82, 2.24) is 4.90 Å². The minimum Gasteiger partial charge on any atom is -0.398 e. The summed E-state index contributed by atoms with van der Waals surface area (Å²) in [6.07, 6.45) is 3.45. The number of hydrogen-bond acceptors (Lipinski definition) is 3. The molecule has 0 aliphatic heterocycles. The maximum absolute atomic E-state index is 6.06. The van der Waals surface area contributed by atoms with Gasteiger partial charge in [0, 0.05) is 23.2 Å². The van der Waals surface area contributed by atoms with Gasteiger partial charge in [-0.15, -0.1) is 11.3 Å². The Bertz CT molecular complexity index is 548. The predicted molar refractivity (Wildman–Crippen MR) is 82.5 cm³/mol. The van der Waals surface area contributed by atoms with Crippen LogP contribution in [0, 0.1) is 0 Å². The molecule has 0 saturated heterocycles. The minimum atomic E-state index is 0.636. The van der Waals surface area contributed by atoms with Crippen LogP contribution in [-0.2, 0) is 19.4 Å². The van der Waals surface area contributed by atoms with E-state index in [0.29, 0.717) is 6.04 Å². The first-order chi connectivity index (χ1) is 9.24. The molecule has 0 spiro atoms. The number of hydrogen-bond donors (Lipinski definition) is 1. The van der Waals surface area contributed by atoms with E-state index in [1.54, 1.807) is 0 Å². The van der Waals surface area contributed by atoms with Crippen LogP contribution in [0.4, 0.5) is 5.69 Å². The van der Waals surface area contributed by atoms with E-state index in [-0.39, 0.29) is 0 Å². The zero-order chi connectivity index (χ0) is 13.2. The second-order valence-corrected chi connectivity index (χ2v) is 6.41. The molecule has 19 heavy (non-hydrogen) atoms. The average molecular weight is 272 g/mol. The largest absolute Gasteiger partial charge is 0.398 e. The number of nitrogen functional groups attached to an aromatic ring is 1. The highest BCUT2D eigenvalue weighted by molar-refractivity contribution is 7.09. The molecule has 0 bridgehead atoms. The summed E-state index contributed by atoms with van der Waals surface area (Å²) in [6, 6.07) is 11.3. The molecule has 1 aromatic heterocycles. The van der Waals surface area contributed by atoms with Gasteiger partial charge in [0.05, 0.1) is 0 Å². The monoisotopic (exact) mass is 272 g/mol. The van der Waals surface area contributed by atoms with Crippen LogP contribution >= 0.6 is 11.3 Å². The van der Waals surface area contributed by atoms with Gasteiger partial charge in [-0.25, -0.2) is 0 Å². The van der Waals surface area contributed by atoms with Crippen molar-refractivity contribution in [3.05, 3.63) is 51.7 Å². The summed E-state index contributed by atoms with van der Waals surface area (Å²) in [4.78, 5) is 3.93. The maximum Gasteiger partial charge on any atom is 0.0349 e. The molecule has 2 N–H and O–H groups in total. The molecule has 2 aromatic rings. The normalized spacial score (nSPS) is 18.5. The molecular weight excluding hydrogens is 252 g/mol. The third-order valence-corrected chi connectivity index (χ3v) is 4.96. The fourth-order valence-electron chi connectivity index (χ4n) is 2.97. The topological polar surface area (TPSA) is 29.3 Å². The Morgan fingerprint density at radius 2 is 2.21 bits per heavy atom. The van der Waals surface area contributed by atoms with Gasteiger partial charge >= 0.3 is 0 Å². The van der Waals surface area contributed by atoms with Crippen LogP contribution in [-0.4, -0.2) is 18.0 Å². The fourth-order valence-corrected chi connectivity index (χ4v) is 3.74. The maximum atomic E-state index is 6.06. The van der Waals surface area contributed by atoms with E-state index in [1.807, 2.05) is 17.4 Å². The van der Waals surface area contributed by atoms with Gasteiger partial charge < -0.3 is 5.73 Å². The van der Waals surface area contributed by atoms with E-state index in [0.717, 1.165) is 25.1 Å². The highest BCUT2D eigenvalue weighted by atomic mass is 32.1. The molecule has 3 rings (SSSR count). The van der Waals surface area contributed by atoms with Gasteiger partial charge in [0.25, 0.3) is 0 Å². The van der Waals surface area contributed by atoms with Gasteiger partial charge in [-0.05, 0) is 54.9 Å². The second kappa shape index (κ2) is 5.35. The highest BCUT2D eigenvalue weighted by Crippen LogP contribution is 2.28. The Kier molecular flexibility index (Phi) is 3.58. The Morgan fingerprint density at radius 1 is 1.32 bits per heavy atom. The lowest BCUT2D eigenvalue weighted by molar-refractivity contribution is 0.216. The summed E-state index contributed by atoms with van der Waals surface area (Å²) in [5.74, 6) is 0. The number of anilines is 1. The summed E-state index contributed by atoms with van der Waals surface area (Å²) in [6.45, 7) is 1.06. The van der Waals surface area contributed by atoms with Crippen LogP contribution in [0.15, 0.2) is 35.7 Å². The highest BCUT2D eigenvalue weighted by Gasteiger charge is 2.23. The van der Waals surface area contributed by atoms with Crippen molar-refractivity contribution < 1.29 is 0 Å². The van der Waals surface area contributed by atoms with Crippen molar-refractivity contribution in [2.75, 3.05) is 12.8 Å². The zero-order valence-electron chi connectivity index (χ0n) is 11.3. The Labute approximate surface area is 118 Å². The van der Waals surface area contributed by atoms with Gasteiger partial charge in [-0.3, -0.25) is 4.90 Å². The Morgan fingerprint density at radius 3 is 3.00 bits per heavy atom. The van der Waals surface area contributed by atoms with E-state index >= 15 is 0 Å². The summed E-state index contributed by atoms with van der Waals surface area (Å²) in [7, 11) is 2.24. The molecule has 1 aromatic carbocycles. The van der Waals surface area contributed by atoms with Gasteiger partial charge in [-0.1, -0.05) is 18.2 Å². The molecule has 0 amide bonds. The predicted octanol–water partition coefficient (Wildman–Crippen LogP) is 3.32. The lowest BCUT2D eigenvalue weighted by atomic mass is 9.86. The van der Waals surface area contributed by atoms with Crippen LogP contribution in [0.3, 0.4) is 0 Å². The minimum absolute atomic E-state index is 0.636. The van der Waals surface area contributed by atoms with E-state index in [1.165, 1.54) is 22.4 Å². The molecule has 1 aliphatic carbocycles. The lowest BCUT2D eigenvalue weighted by Crippen LogP contribution is -2.36. The fraction of sp³-hybridized carbons (Fsp3) is 0.375. The lowest BCUT2D eigenvalue weighted by Gasteiger charge is -2.32. The summed E-state index contributed by atoms with van der Waals surface area (Å²) in [5.41, 5.74) is 9.85. The molecule has 0 radical (unpaired) electrons. The van der Waals surface area contributed by atoms with Gasteiger partial charge in [0.2, 0.25) is 0 Å². The van der Waals surface area contributed by atoms with Crippen LogP contribution in [0.2, 0.25) is 0 Å². The number of nitrogens with zero attached hydrogens (tertiary/aromatic N) is 1. The number of benzene rings is 1. The average Bonchev–Trinajstić information content (AvgIpc) is 2.91. The molecule has 0 fully saturated rings. The van der Waals surface area contributed by atoms with E-state index in [2.05, 4.69) is 41.6 Å². The number of likely N-dealkylation sites (N-methyl/N-ethyl adjacent to an activating group) is 1. The van der Waals surface area contributed by atoms with Crippen LogP contribution in [0.25, 0.3) is 0 Å². The van der Waals surface area contributed by atoms with Crippen molar-refractivity contribution >= 4 is 17.0 Å². The SMILES string of the molecule is CN(Cc1cccs1)C1CCc2c(N)cccc2C1. The van der Waals surface area contributed by atoms with E-state index in [9.17, 15) is 0 Å². The molecule has 2 nitrogen and oxygen atoms in total. The second-order valence-electron chi connectivity index (χ2n) is 5.38. The molecule has 100 valence electrons. The molecule has 1 aliphatic rings. The van der Waals surface area contributed by atoms with Crippen LogP contribution in [0.1, 0.15) is 22.4 Å². The van der Waals surface area contributed by atoms with Crippen LogP contribution in [0.5, 0.6) is 0 Å². The quantitative estimate of drug-likeness (QED) is 0.869. The molecule has 1 atom stereocenters. The number of fused-ring (bicyclic) bond motifs is 1. The third-order valence-electron chi connectivity index (χ3n) is 4.10. The summed E-state index contributed by atoms with van der Waals surface area (Å²) in [5, 5.41) is 2.15. The zero-order valence-corrected chi connectivity index (χ0v) is 12.1. The first kappa shape index (κ1) is 12.7. The first-order valence-electron chi connectivity index (χ1n) is 6.83. The number of nitrogens with two attached hydrogens (primary N) is 1. The van der Waals surface area contributed by atoms with Crippen LogP contribution < -0.4 is 5.73 Å². The molecule has 3 heteroatoms. The van der Waals surface area contributed by atoms with Crippen molar-refractivity contribution in [2.24, 2.45) is 0 Å². The Hall–Kier alpha value is -1.32. The van der Waals surface area contributed by atoms with Crippen molar-refractivity contribution in [1.29, 1.82) is 0 Å². The van der Waals surface area contributed by atoms with Crippen molar-refractivity contribution in [3.63, 3.8) is 0 Å². The Balaban J connectivity index is 1.71. The molecule has 0 saturated carbocycles. The molecule has 1 heterocycles. The van der Waals surface area contributed by atoms with Gasteiger partial charge in [0.15, 0.2) is 0 Å². The molecule has 1 unspecified atom stereocenters. The third kappa shape index (κ3) is 2.67. The van der Waals surface area contributed by atoms with Gasteiger partial charge in [-0.2, -0.15) is 0 Å². The van der Waals surface area contributed by atoms with Crippen molar-refractivity contribution in [3.8, 4) is 0 Å². The summed E-state index contributed by atoms with van der Waals surface area (Å²) >= 11 is 1.84. The van der Waals surface area contributed by atoms with Gasteiger partial charge in [0.1, 0.15) is 0 Å². The van der Waals surface area contributed by atoms with Crippen molar-refractivity contribution in [2.45, 2.75) is 31.8 Å². The number of rotatable bonds is 3. The van der Waals surface area contributed by atoms with E-state index in [4.69, 9.17) is 5.73 Å². The smallest absolute Gasteiger partial charge is 0.0349 e. The standard InChI is InChI=1S/C16H20N2S/c1-18(11-14-5-3-9-19-14)13-7-8-15-12(10-13)4-2-6-16(15)17/h2-6,9,13H,7-8,10-11,17H2,1H3. The first-order valence-corrected chi connectivity index (χ1v) is 7.71. The summed E-state index contributed by atoms with van der Waals surface area (Å²) < 4.78 is 0. The van der Waals surface area contributed by atoms with E-state index < -0.39 is 0 Å². The molecular formula is C16H20N2S. The number of thiophene rings is 1.